The Kier molecular flexibility index (Phi) is 7.96. The lowest BCUT2D eigenvalue weighted by molar-refractivity contribution is -0.145. The summed E-state index contributed by atoms with van der Waals surface area (Å²) in [5.74, 6) is 1.43. The quantitative estimate of drug-likeness (QED) is 0.490. The van der Waals surface area contributed by atoms with Crippen LogP contribution in [-0.4, -0.2) is 46.0 Å². The Labute approximate surface area is 197 Å². The maximum Gasteiger partial charge on any atom is 0.411 e. The van der Waals surface area contributed by atoms with E-state index in [-0.39, 0.29) is 5.92 Å². The average molecular weight is 478 g/mol. The van der Waals surface area contributed by atoms with Crippen LogP contribution in [0.4, 0.5) is 4.79 Å². The molecule has 0 radical (unpaired) electrons. The van der Waals surface area contributed by atoms with Crippen LogP contribution in [-0.2, 0) is 9.53 Å². The molecule has 3 rings (SSSR count). The maximum absolute atomic E-state index is 12.4. The summed E-state index contributed by atoms with van der Waals surface area (Å²) in [5.41, 5.74) is -0.656. The number of carbonyl (C=O) groups is 2. The van der Waals surface area contributed by atoms with E-state index in [1.54, 1.807) is 44.7 Å². The number of carboxylic acids is 1. The first-order valence-corrected chi connectivity index (χ1v) is 11.9. The predicted molar refractivity (Wildman–Crippen MR) is 126 cm³/mol. The minimum absolute atomic E-state index is 0.199. The molecule has 2 aromatic carbocycles. The minimum Gasteiger partial charge on any atom is -0.480 e. The molecule has 172 valence electrons. The zero-order valence-corrected chi connectivity index (χ0v) is 20.0. The lowest BCUT2D eigenvalue weighted by Crippen LogP contribution is -2.51. The van der Waals surface area contributed by atoms with Crippen LogP contribution in [0.1, 0.15) is 33.6 Å². The highest BCUT2D eigenvalue weighted by atomic mass is 35.5. The third-order valence-electron chi connectivity index (χ3n) is 4.98. The third-order valence-corrected chi connectivity index (χ3v) is 6.48. The van der Waals surface area contributed by atoms with Crippen LogP contribution in [0.2, 0.25) is 5.02 Å². The highest BCUT2D eigenvalue weighted by Gasteiger charge is 2.38. The summed E-state index contributed by atoms with van der Waals surface area (Å²) in [6.45, 7) is 5.70. The number of amides is 1. The van der Waals surface area contributed by atoms with E-state index in [0.717, 1.165) is 22.8 Å². The molecule has 0 saturated carbocycles. The third kappa shape index (κ3) is 7.07. The molecule has 1 N–H and O–H groups in total. The van der Waals surface area contributed by atoms with Gasteiger partial charge in [0.15, 0.2) is 0 Å². The first kappa shape index (κ1) is 24.3. The van der Waals surface area contributed by atoms with Crippen molar-refractivity contribution in [1.29, 1.82) is 0 Å². The van der Waals surface area contributed by atoms with Gasteiger partial charge in [0.2, 0.25) is 0 Å². The van der Waals surface area contributed by atoms with Crippen molar-refractivity contribution in [3.8, 4) is 11.5 Å². The predicted octanol–water partition coefficient (Wildman–Crippen LogP) is 6.32. The van der Waals surface area contributed by atoms with Crippen molar-refractivity contribution < 1.29 is 24.2 Å². The van der Waals surface area contributed by atoms with Crippen molar-refractivity contribution in [2.24, 2.45) is 5.92 Å². The summed E-state index contributed by atoms with van der Waals surface area (Å²) >= 11 is 7.57. The molecule has 8 heteroatoms. The number of halogens is 1. The molecule has 0 bridgehead atoms. The number of benzene rings is 2. The van der Waals surface area contributed by atoms with Crippen molar-refractivity contribution in [3.63, 3.8) is 0 Å². The molecular formula is C24H28ClNO5S. The van der Waals surface area contributed by atoms with Gasteiger partial charge in [-0.2, -0.15) is 0 Å². The number of hydrogen-bond donors (Lipinski definition) is 1. The molecule has 6 nitrogen and oxygen atoms in total. The van der Waals surface area contributed by atoms with Crippen LogP contribution < -0.4 is 4.74 Å². The Balaban J connectivity index is 1.53. The van der Waals surface area contributed by atoms with Gasteiger partial charge in [-0.3, -0.25) is 4.90 Å². The first-order chi connectivity index (χ1) is 15.1. The van der Waals surface area contributed by atoms with Gasteiger partial charge in [0.1, 0.15) is 23.1 Å². The van der Waals surface area contributed by atoms with Gasteiger partial charge in [-0.1, -0.05) is 11.6 Å². The van der Waals surface area contributed by atoms with Gasteiger partial charge in [-0.25, -0.2) is 9.59 Å². The highest BCUT2D eigenvalue weighted by Crippen LogP contribution is 2.32. The smallest absolute Gasteiger partial charge is 0.411 e. The molecule has 1 aliphatic rings. The number of rotatable bonds is 6. The number of carbonyl (C=O) groups excluding carboxylic acids is 1. The topological polar surface area (TPSA) is 76.1 Å². The zero-order valence-electron chi connectivity index (χ0n) is 18.4. The molecule has 1 fully saturated rings. The van der Waals surface area contributed by atoms with Gasteiger partial charge in [0.05, 0.1) is 0 Å². The van der Waals surface area contributed by atoms with E-state index in [1.807, 2.05) is 36.4 Å². The van der Waals surface area contributed by atoms with E-state index in [2.05, 4.69) is 0 Å². The van der Waals surface area contributed by atoms with Crippen molar-refractivity contribution in [2.75, 3.05) is 12.3 Å². The molecule has 0 aromatic heterocycles. The lowest BCUT2D eigenvalue weighted by Gasteiger charge is -2.37. The monoisotopic (exact) mass is 477 g/mol. The number of thioether (sulfide) groups is 1. The Bertz CT molecular complexity index is 927. The van der Waals surface area contributed by atoms with E-state index < -0.39 is 23.7 Å². The van der Waals surface area contributed by atoms with Crippen molar-refractivity contribution in [1.82, 2.24) is 4.90 Å². The summed E-state index contributed by atoms with van der Waals surface area (Å²) in [6.07, 6.45) is 0.597. The number of likely N-dealkylation sites (tertiary alicyclic amines) is 1. The van der Waals surface area contributed by atoms with Crippen LogP contribution in [0.15, 0.2) is 53.4 Å². The second kappa shape index (κ2) is 10.5. The zero-order chi connectivity index (χ0) is 23.3. The minimum atomic E-state index is -0.991. The van der Waals surface area contributed by atoms with Crippen molar-refractivity contribution >= 4 is 35.4 Å². The van der Waals surface area contributed by atoms with Crippen molar-refractivity contribution in [2.45, 2.75) is 50.2 Å². The fourth-order valence-corrected chi connectivity index (χ4v) is 4.61. The largest absolute Gasteiger partial charge is 0.480 e. The summed E-state index contributed by atoms with van der Waals surface area (Å²) in [7, 11) is 0. The molecule has 2 aromatic rings. The molecule has 32 heavy (non-hydrogen) atoms. The van der Waals surface area contributed by atoms with Crippen LogP contribution in [0.25, 0.3) is 0 Å². The summed E-state index contributed by atoms with van der Waals surface area (Å²) in [5, 5.41) is 10.3. The molecule has 0 spiro atoms. The number of piperidine rings is 1. The number of carboxylic acid groups (broad SMARTS) is 1. The van der Waals surface area contributed by atoms with E-state index in [9.17, 15) is 14.7 Å². The van der Waals surface area contributed by atoms with E-state index in [1.165, 1.54) is 4.90 Å². The molecule has 0 aliphatic carbocycles. The van der Waals surface area contributed by atoms with Crippen LogP contribution in [0, 0.1) is 5.92 Å². The summed E-state index contributed by atoms with van der Waals surface area (Å²) in [6, 6.07) is 14.1. The van der Waals surface area contributed by atoms with Gasteiger partial charge in [-0.05, 0) is 88.1 Å². The Morgan fingerprint density at radius 1 is 1.09 bits per heavy atom. The van der Waals surface area contributed by atoms with Gasteiger partial charge in [0, 0.05) is 22.2 Å². The number of ether oxygens (including phenoxy) is 2. The van der Waals surface area contributed by atoms with E-state index in [4.69, 9.17) is 21.1 Å². The van der Waals surface area contributed by atoms with Gasteiger partial charge >= 0.3 is 12.1 Å². The standard InChI is InChI=1S/C24H28ClNO5S/c1-24(2,3)31-23(29)26-13-12-16(14-21(26)22(27)28)15-32-20-10-8-19(9-11-20)30-18-6-4-17(25)5-7-18/h4-11,16,21H,12-15H2,1-3H3,(H,27,28). The normalized spacial score (nSPS) is 18.8. The molecule has 1 heterocycles. The van der Waals surface area contributed by atoms with E-state index >= 15 is 0 Å². The second-order valence-electron chi connectivity index (χ2n) is 8.76. The molecular weight excluding hydrogens is 450 g/mol. The fraction of sp³-hybridized carbons (Fsp3) is 0.417. The van der Waals surface area contributed by atoms with Crippen LogP contribution in [0.5, 0.6) is 11.5 Å². The van der Waals surface area contributed by atoms with Gasteiger partial charge in [0.25, 0.3) is 0 Å². The van der Waals surface area contributed by atoms with Gasteiger partial charge < -0.3 is 14.6 Å². The fourth-order valence-electron chi connectivity index (χ4n) is 3.42. The summed E-state index contributed by atoms with van der Waals surface area (Å²) in [4.78, 5) is 26.6. The second-order valence-corrected chi connectivity index (χ2v) is 10.3. The van der Waals surface area contributed by atoms with Gasteiger partial charge in [-0.15, -0.1) is 11.8 Å². The molecule has 2 unspecified atom stereocenters. The highest BCUT2D eigenvalue weighted by molar-refractivity contribution is 7.99. The molecule has 1 saturated heterocycles. The number of hydrogen-bond acceptors (Lipinski definition) is 5. The van der Waals surface area contributed by atoms with E-state index in [0.29, 0.717) is 23.7 Å². The number of aliphatic carboxylic acids is 1. The van der Waals surface area contributed by atoms with Crippen LogP contribution in [0.3, 0.4) is 0 Å². The first-order valence-electron chi connectivity index (χ1n) is 10.5. The lowest BCUT2D eigenvalue weighted by atomic mass is 9.92. The molecule has 1 amide bonds. The molecule has 1 aliphatic heterocycles. The van der Waals surface area contributed by atoms with Crippen LogP contribution >= 0.6 is 23.4 Å². The summed E-state index contributed by atoms with van der Waals surface area (Å²) < 4.78 is 11.2. The average Bonchev–Trinajstić information content (AvgIpc) is 2.73. The Hall–Kier alpha value is -2.38. The maximum atomic E-state index is 12.4. The Morgan fingerprint density at radius 2 is 1.69 bits per heavy atom. The number of nitrogens with zero attached hydrogens (tertiary/aromatic N) is 1. The van der Waals surface area contributed by atoms with Crippen molar-refractivity contribution in [3.05, 3.63) is 53.6 Å². The SMILES string of the molecule is CC(C)(C)OC(=O)N1CCC(CSc2ccc(Oc3ccc(Cl)cc3)cc2)CC1C(=O)O. The Morgan fingerprint density at radius 3 is 2.25 bits per heavy atom. The molecule has 2 atom stereocenters.